The normalized spacial score (nSPS) is 10.8. The summed E-state index contributed by atoms with van der Waals surface area (Å²) in [5.41, 5.74) is 6.72. The van der Waals surface area contributed by atoms with Crippen LogP contribution in [0.15, 0.2) is 30.5 Å². The highest BCUT2D eigenvalue weighted by Gasteiger charge is 2.10. The fourth-order valence-corrected chi connectivity index (χ4v) is 1.81. The van der Waals surface area contributed by atoms with E-state index >= 15 is 0 Å². The average Bonchev–Trinajstić information content (AvgIpc) is 2.70. The van der Waals surface area contributed by atoms with Gasteiger partial charge in [0.25, 0.3) is 0 Å². The summed E-state index contributed by atoms with van der Waals surface area (Å²) in [6.45, 7) is 4.48. The van der Waals surface area contributed by atoms with Crippen LogP contribution in [0.2, 0.25) is 0 Å². The molecule has 0 bridgehead atoms. The molecule has 0 saturated carbocycles. The second kappa shape index (κ2) is 5.00. The zero-order valence-electron chi connectivity index (χ0n) is 10.5. The third kappa shape index (κ3) is 2.56. The van der Waals surface area contributed by atoms with E-state index in [2.05, 4.69) is 4.98 Å². The predicted octanol–water partition coefficient (Wildman–Crippen LogP) is 2.33. The molecule has 18 heavy (non-hydrogen) atoms. The molecule has 0 fully saturated rings. The number of benzene rings is 1. The molecule has 0 saturated heterocycles. The largest absolute Gasteiger partial charge is 0.508 e. The van der Waals surface area contributed by atoms with E-state index in [0.29, 0.717) is 18.3 Å². The molecule has 0 atom stereocenters. The summed E-state index contributed by atoms with van der Waals surface area (Å²) >= 11 is 0. The minimum Gasteiger partial charge on any atom is -0.508 e. The van der Waals surface area contributed by atoms with Gasteiger partial charge in [0.05, 0.1) is 11.9 Å². The second-order valence-electron chi connectivity index (χ2n) is 4.35. The monoisotopic (exact) mass is 247 g/mol. The number of rotatable bonds is 4. The summed E-state index contributed by atoms with van der Waals surface area (Å²) in [4.78, 5) is 4.08. The minimum absolute atomic E-state index is 0.221. The maximum absolute atomic E-state index is 9.18. The van der Waals surface area contributed by atoms with Crippen LogP contribution < -0.4 is 10.5 Å². The molecular weight excluding hydrogens is 230 g/mol. The van der Waals surface area contributed by atoms with Crippen molar-refractivity contribution >= 4 is 5.95 Å². The van der Waals surface area contributed by atoms with Crippen molar-refractivity contribution in [1.82, 2.24) is 9.55 Å². The molecule has 0 aliphatic carbocycles. The fourth-order valence-electron chi connectivity index (χ4n) is 1.81. The lowest BCUT2D eigenvalue weighted by molar-refractivity contribution is 0.292. The van der Waals surface area contributed by atoms with Crippen molar-refractivity contribution in [3.8, 4) is 11.5 Å². The number of aromatic nitrogens is 2. The first-order chi connectivity index (χ1) is 8.58. The van der Waals surface area contributed by atoms with Gasteiger partial charge in [-0.05, 0) is 38.1 Å². The second-order valence-corrected chi connectivity index (χ2v) is 4.35. The highest BCUT2D eigenvalue weighted by Crippen LogP contribution is 2.19. The molecule has 5 heteroatoms. The van der Waals surface area contributed by atoms with Crippen LogP contribution in [-0.2, 0) is 6.61 Å². The topological polar surface area (TPSA) is 73.3 Å². The van der Waals surface area contributed by atoms with Crippen LogP contribution in [0.3, 0.4) is 0 Å². The molecule has 0 radical (unpaired) electrons. The number of phenols is 1. The minimum atomic E-state index is 0.221. The zero-order valence-corrected chi connectivity index (χ0v) is 10.5. The van der Waals surface area contributed by atoms with Gasteiger partial charge in [-0.15, -0.1) is 0 Å². The number of ether oxygens (including phenoxy) is 1. The quantitative estimate of drug-likeness (QED) is 0.869. The lowest BCUT2D eigenvalue weighted by Crippen LogP contribution is -2.11. The molecule has 2 rings (SSSR count). The van der Waals surface area contributed by atoms with Gasteiger partial charge in [-0.1, -0.05) is 0 Å². The highest BCUT2D eigenvalue weighted by atomic mass is 16.5. The third-order valence-electron chi connectivity index (χ3n) is 2.64. The maximum Gasteiger partial charge on any atom is 0.200 e. The fraction of sp³-hybridized carbons (Fsp3) is 0.308. The van der Waals surface area contributed by atoms with Crippen molar-refractivity contribution in [3.05, 3.63) is 36.2 Å². The van der Waals surface area contributed by atoms with Gasteiger partial charge in [-0.2, -0.15) is 0 Å². The Hall–Kier alpha value is -2.17. The van der Waals surface area contributed by atoms with E-state index in [1.807, 2.05) is 18.4 Å². The summed E-state index contributed by atoms with van der Waals surface area (Å²) in [6, 6.07) is 6.85. The number of hydrogen-bond donors (Lipinski definition) is 2. The molecule has 2 aromatic rings. The Balaban J connectivity index is 2.08. The Morgan fingerprint density at radius 3 is 2.61 bits per heavy atom. The first-order valence-corrected chi connectivity index (χ1v) is 5.81. The van der Waals surface area contributed by atoms with Crippen molar-refractivity contribution in [2.75, 3.05) is 5.73 Å². The van der Waals surface area contributed by atoms with Gasteiger partial charge in [0.2, 0.25) is 5.95 Å². The van der Waals surface area contributed by atoms with Gasteiger partial charge in [-0.3, -0.25) is 0 Å². The van der Waals surface area contributed by atoms with E-state index in [4.69, 9.17) is 10.5 Å². The molecule has 0 aliphatic rings. The molecular formula is C13H17N3O2. The van der Waals surface area contributed by atoms with Crippen LogP contribution in [0.1, 0.15) is 25.6 Å². The van der Waals surface area contributed by atoms with Crippen molar-refractivity contribution in [2.24, 2.45) is 0 Å². The molecule has 0 amide bonds. The highest BCUT2D eigenvalue weighted by molar-refractivity contribution is 5.30. The van der Waals surface area contributed by atoms with Gasteiger partial charge < -0.3 is 20.1 Å². The summed E-state index contributed by atoms with van der Waals surface area (Å²) in [5.74, 6) is 1.41. The number of nitrogens with two attached hydrogens (primary N) is 1. The number of imidazole rings is 1. The van der Waals surface area contributed by atoms with Crippen molar-refractivity contribution in [2.45, 2.75) is 26.5 Å². The van der Waals surface area contributed by atoms with Crippen molar-refractivity contribution in [3.63, 3.8) is 0 Å². The van der Waals surface area contributed by atoms with E-state index in [1.165, 1.54) is 0 Å². The van der Waals surface area contributed by atoms with Crippen LogP contribution in [0.5, 0.6) is 11.5 Å². The van der Waals surface area contributed by atoms with Crippen molar-refractivity contribution < 1.29 is 9.84 Å². The average molecular weight is 247 g/mol. The van der Waals surface area contributed by atoms with Crippen LogP contribution in [0.25, 0.3) is 0 Å². The van der Waals surface area contributed by atoms with Crippen LogP contribution >= 0.6 is 0 Å². The molecule has 3 N–H and O–H groups in total. The summed E-state index contributed by atoms with van der Waals surface area (Å²) < 4.78 is 7.55. The SMILES string of the molecule is CC(C)n1c(COc2ccc(O)cc2)cnc1N. The van der Waals surface area contributed by atoms with E-state index in [1.54, 1.807) is 30.5 Å². The molecule has 1 aromatic heterocycles. The van der Waals surface area contributed by atoms with Gasteiger partial charge in [0, 0.05) is 6.04 Å². The molecule has 1 aromatic carbocycles. The number of anilines is 1. The van der Waals surface area contributed by atoms with Crippen LogP contribution in [0.4, 0.5) is 5.95 Å². The Morgan fingerprint density at radius 1 is 1.33 bits per heavy atom. The Labute approximate surface area is 106 Å². The number of aromatic hydroxyl groups is 1. The summed E-state index contributed by atoms with van der Waals surface area (Å²) in [7, 11) is 0. The lowest BCUT2D eigenvalue weighted by atomic mass is 10.3. The number of phenolic OH excluding ortho intramolecular Hbond substituents is 1. The lowest BCUT2D eigenvalue weighted by Gasteiger charge is -2.14. The standard InChI is InChI=1S/C13H17N3O2/c1-9(2)16-10(7-15-13(16)14)8-18-12-5-3-11(17)4-6-12/h3-7,9,17H,8H2,1-2H3,(H2,14,15). The smallest absolute Gasteiger partial charge is 0.200 e. The molecule has 0 aliphatic heterocycles. The molecule has 96 valence electrons. The van der Waals surface area contributed by atoms with Crippen molar-refractivity contribution in [1.29, 1.82) is 0 Å². The van der Waals surface area contributed by atoms with Gasteiger partial charge in [0.15, 0.2) is 0 Å². The number of nitrogen functional groups attached to an aromatic ring is 1. The molecule has 1 heterocycles. The first-order valence-electron chi connectivity index (χ1n) is 5.81. The first kappa shape index (κ1) is 12.3. The van der Waals surface area contributed by atoms with E-state index in [9.17, 15) is 5.11 Å². The van der Waals surface area contributed by atoms with Gasteiger partial charge in [0.1, 0.15) is 18.1 Å². The van der Waals surface area contributed by atoms with E-state index in [-0.39, 0.29) is 11.8 Å². The molecule has 0 unspecified atom stereocenters. The summed E-state index contributed by atoms with van der Waals surface area (Å²) in [6.07, 6.45) is 1.72. The maximum atomic E-state index is 9.18. The van der Waals surface area contributed by atoms with Crippen LogP contribution in [-0.4, -0.2) is 14.7 Å². The number of nitrogens with zero attached hydrogens (tertiary/aromatic N) is 2. The van der Waals surface area contributed by atoms with Gasteiger partial charge >= 0.3 is 0 Å². The Morgan fingerprint density at radius 2 is 2.00 bits per heavy atom. The van der Waals surface area contributed by atoms with E-state index < -0.39 is 0 Å². The molecule has 5 nitrogen and oxygen atoms in total. The predicted molar refractivity (Wildman–Crippen MR) is 69.5 cm³/mol. The third-order valence-corrected chi connectivity index (χ3v) is 2.64. The van der Waals surface area contributed by atoms with Gasteiger partial charge in [-0.25, -0.2) is 4.98 Å². The number of hydrogen-bond acceptors (Lipinski definition) is 4. The summed E-state index contributed by atoms with van der Waals surface area (Å²) in [5, 5.41) is 9.18. The Kier molecular flexibility index (Phi) is 3.41. The zero-order chi connectivity index (χ0) is 13.1. The molecule has 0 spiro atoms. The Bertz CT molecular complexity index is 518. The van der Waals surface area contributed by atoms with E-state index in [0.717, 1.165) is 5.69 Å². The van der Waals surface area contributed by atoms with Crippen LogP contribution in [0, 0.1) is 0 Å².